The van der Waals surface area contributed by atoms with Crippen molar-refractivity contribution in [2.24, 2.45) is 0 Å². The van der Waals surface area contributed by atoms with Gasteiger partial charge in [0.1, 0.15) is 0 Å². The Labute approximate surface area is 89.5 Å². The minimum atomic E-state index is -1.03. The van der Waals surface area contributed by atoms with Crippen LogP contribution in [0.3, 0.4) is 0 Å². The maximum absolute atomic E-state index is 10.7. The number of aryl methyl sites for hydroxylation is 1. The van der Waals surface area contributed by atoms with Gasteiger partial charge >= 0.3 is 11.7 Å². The van der Waals surface area contributed by atoms with Gasteiger partial charge in [0.25, 0.3) is 0 Å². The minimum Gasteiger partial charge on any atom is -0.481 e. The largest absolute Gasteiger partial charge is 0.481 e. The van der Waals surface area contributed by atoms with E-state index in [1.54, 1.807) is 6.92 Å². The molecule has 1 heterocycles. The van der Waals surface area contributed by atoms with Crippen LogP contribution in [0, 0.1) is 17.0 Å². The molecular weight excluding hydrogens is 220 g/mol. The van der Waals surface area contributed by atoms with Gasteiger partial charge in [0.15, 0.2) is 5.03 Å². The quantitative estimate of drug-likeness (QED) is 0.476. The second-order valence-corrected chi connectivity index (χ2v) is 3.69. The average Bonchev–Trinajstić information content (AvgIpc) is 2.13. The van der Waals surface area contributed by atoms with Crippen LogP contribution in [0.15, 0.2) is 17.3 Å². The van der Waals surface area contributed by atoms with Gasteiger partial charge in [-0.25, -0.2) is 4.98 Å². The van der Waals surface area contributed by atoms with Crippen molar-refractivity contribution in [2.45, 2.75) is 11.9 Å². The van der Waals surface area contributed by atoms with Crippen molar-refractivity contribution in [3.05, 3.63) is 27.9 Å². The van der Waals surface area contributed by atoms with E-state index in [4.69, 9.17) is 5.11 Å². The molecule has 7 heteroatoms. The van der Waals surface area contributed by atoms with E-state index in [0.29, 0.717) is 5.56 Å². The lowest BCUT2D eigenvalue weighted by Gasteiger charge is -2.01. The molecule has 0 aliphatic rings. The first-order valence-corrected chi connectivity index (χ1v) is 4.95. The van der Waals surface area contributed by atoms with Gasteiger partial charge in [-0.3, -0.25) is 14.9 Å². The number of carboxylic acid groups (broad SMARTS) is 1. The third-order valence-corrected chi connectivity index (χ3v) is 2.57. The number of nitro groups is 1. The summed E-state index contributed by atoms with van der Waals surface area (Å²) < 4.78 is 0. The molecule has 15 heavy (non-hydrogen) atoms. The fraction of sp³-hybridized carbons (Fsp3) is 0.250. The predicted molar refractivity (Wildman–Crippen MR) is 54.0 cm³/mol. The van der Waals surface area contributed by atoms with Crippen molar-refractivity contribution in [1.29, 1.82) is 0 Å². The Morgan fingerprint density at radius 3 is 2.93 bits per heavy atom. The van der Waals surface area contributed by atoms with E-state index in [9.17, 15) is 14.9 Å². The number of carbonyl (C=O) groups is 1. The smallest absolute Gasteiger partial charge is 0.313 e. The summed E-state index contributed by atoms with van der Waals surface area (Å²) in [4.78, 5) is 24.3. The Hall–Kier alpha value is -1.63. The average molecular weight is 228 g/mol. The minimum absolute atomic E-state index is 0.122. The van der Waals surface area contributed by atoms with E-state index in [1.807, 2.05) is 0 Å². The Morgan fingerprint density at radius 2 is 2.40 bits per heavy atom. The number of aromatic nitrogens is 1. The summed E-state index contributed by atoms with van der Waals surface area (Å²) in [5, 5.41) is 19.3. The van der Waals surface area contributed by atoms with Crippen molar-refractivity contribution < 1.29 is 14.8 Å². The van der Waals surface area contributed by atoms with E-state index >= 15 is 0 Å². The fourth-order valence-corrected chi connectivity index (χ4v) is 1.75. The molecule has 0 amide bonds. The molecule has 0 aliphatic heterocycles. The van der Waals surface area contributed by atoms with Crippen LogP contribution in [0.2, 0.25) is 0 Å². The first kappa shape index (κ1) is 11.4. The second kappa shape index (κ2) is 4.74. The van der Waals surface area contributed by atoms with Gasteiger partial charge in [0.2, 0.25) is 0 Å². The number of thioether (sulfide) groups is 1. The van der Waals surface area contributed by atoms with Crippen LogP contribution >= 0.6 is 11.8 Å². The van der Waals surface area contributed by atoms with Crippen LogP contribution in [0.5, 0.6) is 0 Å². The van der Waals surface area contributed by atoms with Crippen LogP contribution in [0.25, 0.3) is 0 Å². The molecule has 0 saturated heterocycles. The molecule has 1 N–H and O–H groups in total. The molecule has 0 spiro atoms. The third kappa shape index (κ3) is 2.91. The van der Waals surface area contributed by atoms with Gasteiger partial charge in [-0.15, -0.1) is 0 Å². The summed E-state index contributed by atoms with van der Waals surface area (Å²) in [7, 11) is 0. The number of hydrogen-bond acceptors (Lipinski definition) is 5. The first-order valence-electron chi connectivity index (χ1n) is 3.97. The lowest BCUT2D eigenvalue weighted by Crippen LogP contribution is -2.01. The number of carboxylic acids is 1. The molecule has 0 bridgehead atoms. The summed E-state index contributed by atoms with van der Waals surface area (Å²) >= 11 is 0.845. The summed E-state index contributed by atoms with van der Waals surface area (Å²) in [5.74, 6) is -1.27. The van der Waals surface area contributed by atoms with Crippen molar-refractivity contribution in [3.63, 3.8) is 0 Å². The Bertz CT molecular complexity index is 408. The fourth-order valence-electron chi connectivity index (χ4n) is 0.983. The highest BCUT2D eigenvalue weighted by Gasteiger charge is 2.19. The SMILES string of the molecule is Cc1ccnc(SCC(=O)O)c1[N+](=O)[O-]. The molecule has 0 aliphatic carbocycles. The number of aliphatic carboxylic acids is 1. The lowest BCUT2D eigenvalue weighted by atomic mass is 10.3. The number of pyridine rings is 1. The molecule has 80 valence electrons. The van der Waals surface area contributed by atoms with Gasteiger partial charge in [-0.1, -0.05) is 11.8 Å². The van der Waals surface area contributed by atoms with Crippen molar-refractivity contribution in [3.8, 4) is 0 Å². The molecular formula is C8H8N2O4S. The normalized spacial score (nSPS) is 9.93. The molecule has 0 unspecified atom stereocenters. The van der Waals surface area contributed by atoms with Crippen LogP contribution in [-0.4, -0.2) is 26.7 Å². The molecule has 0 fully saturated rings. The maximum atomic E-state index is 10.7. The van der Waals surface area contributed by atoms with E-state index in [2.05, 4.69) is 4.98 Å². The highest BCUT2D eigenvalue weighted by Crippen LogP contribution is 2.29. The maximum Gasteiger partial charge on any atom is 0.313 e. The van der Waals surface area contributed by atoms with Crippen molar-refractivity contribution in [2.75, 3.05) is 5.75 Å². The Kier molecular flexibility index (Phi) is 3.62. The topological polar surface area (TPSA) is 93.3 Å². The molecule has 1 rings (SSSR count). The summed E-state index contributed by atoms with van der Waals surface area (Å²) in [6.07, 6.45) is 1.42. The Morgan fingerprint density at radius 1 is 1.73 bits per heavy atom. The molecule has 1 aromatic heterocycles. The van der Waals surface area contributed by atoms with Gasteiger partial charge in [-0.2, -0.15) is 0 Å². The highest BCUT2D eigenvalue weighted by molar-refractivity contribution is 8.00. The van der Waals surface area contributed by atoms with E-state index < -0.39 is 10.9 Å². The third-order valence-electron chi connectivity index (χ3n) is 1.61. The van der Waals surface area contributed by atoms with Crippen molar-refractivity contribution >= 4 is 23.4 Å². The van der Waals surface area contributed by atoms with Gasteiger partial charge in [0.05, 0.1) is 10.7 Å². The number of nitrogens with zero attached hydrogens (tertiary/aromatic N) is 2. The highest BCUT2D eigenvalue weighted by atomic mass is 32.2. The van der Waals surface area contributed by atoms with E-state index in [0.717, 1.165) is 11.8 Å². The summed E-state index contributed by atoms with van der Waals surface area (Å²) in [5.41, 5.74) is 0.353. The first-order chi connectivity index (χ1) is 7.02. The molecule has 6 nitrogen and oxygen atoms in total. The molecule has 0 radical (unpaired) electrons. The zero-order valence-electron chi connectivity index (χ0n) is 7.84. The van der Waals surface area contributed by atoms with E-state index in [1.165, 1.54) is 12.3 Å². The summed E-state index contributed by atoms with van der Waals surface area (Å²) in [6.45, 7) is 1.59. The molecule has 0 saturated carbocycles. The molecule has 0 atom stereocenters. The van der Waals surface area contributed by atoms with Crippen LogP contribution in [0.4, 0.5) is 5.69 Å². The standard InChI is InChI=1S/C8H8N2O4S/c1-5-2-3-9-8(7(5)10(13)14)15-4-6(11)12/h2-3H,4H2,1H3,(H,11,12). The monoisotopic (exact) mass is 228 g/mol. The summed E-state index contributed by atoms with van der Waals surface area (Å²) in [6, 6.07) is 1.52. The van der Waals surface area contributed by atoms with Gasteiger partial charge < -0.3 is 5.11 Å². The zero-order valence-corrected chi connectivity index (χ0v) is 8.65. The van der Waals surface area contributed by atoms with Crippen LogP contribution in [0.1, 0.15) is 5.56 Å². The lowest BCUT2D eigenvalue weighted by molar-refractivity contribution is -0.388. The van der Waals surface area contributed by atoms with Crippen LogP contribution in [-0.2, 0) is 4.79 Å². The number of rotatable bonds is 4. The van der Waals surface area contributed by atoms with E-state index in [-0.39, 0.29) is 16.5 Å². The van der Waals surface area contributed by atoms with Gasteiger partial charge in [0, 0.05) is 11.8 Å². The molecule has 0 aromatic carbocycles. The number of hydrogen-bond donors (Lipinski definition) is 1. The van der Waals surface area contributed by atoms with Gasteiger partial charge in [-0.05, 0) is 13.0 Å². The molecule has 1 aromatic rings. The zero-order chi connectivity index (χ0) is 11.4. The second-order valence-electron chi connectivity index (χ2n) is 2.72. The van der Waals surface area contributed by atoms with Crippen LogP contribution < -0.4 is 0 Å². The predicted octanol–water partition coefficient (Wildman–Crippen LogP) is 1.47. The van der Waals surface area contributed by atoms with Crippen molar-refractivity contribution in [1.82, 2.24) is 4.98 Å². The Balaban J connectivity index is 3.01.